The van der Waals surface area contributed by atoms with Crippen molar-refractivity contribution in [2.24, 2.45) is 7.05 Å². The number of morpholine rings is 1. The number of aryl methyl sites for hydroxylation is 1. The van der Waals surface area contributed by atoms with Crippen LogP contribution in [0.1, 0.15) is 23.5 Å². The second-order valence-corrected chi connectivity index (χ2v) is 8.42. The molecule has 1 aromatic heterocycles. The number of methoxy groups -OCH3 is 2. The Bertz CT molecular complexity index is 1070. The summed E-state index contributed by atoms with van der Waals surface area (Å²) in [7, 11) is 5.32. The predicted molar refractivity (Wildman–Crippen MR) is 129 cm³/mol. The molecule has 1 atom stereocenters. The van der Waals surface area contributed by atoms with Crippen molar-refractivity contribution in [3.8, 4) is 11.5 Å². The van der Waals surface area contributed by atoms with E-state index in [0.717, 1.165) is 54.9 Å². The van der Waals surface area contributed by atoms with Crippen molar-refractivity contribution in [3.05, 3.63) is 59.8 Å². The Morgan fingerprint density at radius 1 is 1.09 bits per heavy atom. The van der Waals surface area contributed by atoms with E-state index in [1.807, 2.05) is 37.4 Å². The minimum Gasteiger partial charge on any atom is -0.497 e. The number of ether oxygens (including phenoxy) is 3. The molecule has 176 valence electrons. The average Bonchev–Trinajstić information content (AvgIpc) is 3.19. The smallest absolute Gasteiger partial charge is 0.220 e. The summed E-state index contributed by atoms with van der Waals surface area (Å²) in [6, 6.07) is 14.1. The summed E-state index contributed by atoms with van der Waals surface area (Å²) in [5, 5.41) is 4.27. The van der Waals surface area contributed by atoms with E-state index in [-0.39, 0.29) is 11.8 Å². The van der Waals surface area contributed by atoms with Gasteiger partial charge in [0.2, 0.25) is 5.91 Å². The Morgan fingerprint density at radius 2 is 1.79 bits per heavy atom. The Morgan fingerprint density at radius 3 is 2.48 bits per heavy atom. The Balaban J connectivity index is 1.60. The lowest BCUT2D eigenvalue weighted by molar-refractivity contribution is -0.121. The molecular weight excluding hydrogens is 418 g/mol. The molecule has 0 bridgehead atoms. The number of carbonyl (C=O) groups is 1. The van der Waals surface area contributed by atoms with Gasteiger partial charge in [-0.2, -0.15) is 0 Å². The Labute approximate surface area is 195 Å². The van der Waals surface area contributed by atoms with Crippen molar-refractivity contribution in [1.82, 2.24) is 14.8 Å². The molecule has 1 N–H and O–H groups in total. The molecule has 1 aliphatic heterocycles. The van der Waals surface area contributed by atoms with Gasteiger partial charge in [-0.05, 0) is 29.3 Å². The maximum atomic E-state index is 13.1. The van der Waals surface area contributed by atoms with Crippen molar-refractivity contribution in [1.29, 1.82) is 0 Å². The zero-order valence-corrected chi connectivity index (χ0v) is 19.7. The minimum atomic E-state index is -0.136. The first-order valence-corrected chi connectivity index (χ1v) is 11.4. The van der Waals surface area contributed by atoms with Crippen LogP contribution in [-0.4, -0.2) is 69.0 Å². The van der Waals surface area contributed by atoms with Gasteiger partial charge in [0, 0.05) is 68.7 Å². The molecule has 0 radical (unpaired) electrons. The zero-order valence-electron chi connectivity index (χ0n) is 19.7. The number of rotatable bonds is 9. The predicted octanol–water partition coefficient (Wildman–Crippen LogP) is 3.17. The van der Waals surface area contributed by atoms with Crippen LogP contribution in [0.25, 0.3) is 10.9 Å². The Hall–Kier alpha value is -3.03. The number of hydrogen-bond acceptors (Lipinski definition) is 5. The fraction of sp³-hybridized carbons (Fsp3) is 0.423. The number of hydrogen-bond donors (Lipinski definition) is 1. The number of para-hydroxylation sites is 1. The van der Waals surface area contributed by atoms with Crippen LogP contribution < -0.4 is 14.8 Å². The van der Waals surface area contributed by atoms with Gasteiger partial charge in [-0.1, -0.05) is 18.2 Å². The van der Waals surface area contributed by atoms with Crippen LogP contribution in [0.3, 0.4) is 0 Å². The van der Waals surface area contributed by atoms with Crippen molar-refractivity contribution in [2.45, 2.75) is 12.3 Å². The summed E-state index contributed by atoms with van der Waals surface area (Å²) in [6.07, 6.45) is 2.47. The lowest BCUT2D eigenvalue weighted by Crippen LogP contribution is -2.41. The van der Waals surface area contributed by atoms with Crippen molar-refractivity contribution >= 4 is 16.8 Å². The van der Waals surface area contributed by atoms with Crippen LogP contribution in [-0.2, 0) is 16.6 Å². The van der Waals surface area contributed by atoms with Gasteiger partial charge in [-0.25, -0.2) is 0 Å². The summed E-state index contributed by atoms with van der Waals surface area (Å²) in [4.78, 5) is 15.4. The van der Waals surface area contributed by atoms with E-state index in [1.54, 1.807) is 14.2 Å². The molecule has 0 saturated carbocycles. The van der Waals surface area contributed by atoms with Gasteiger partial charge < -0.3 is 24.1 Å². The topological polar surface area (TPSA) is 65.0 Å². The van der Waals surface area contributed by atoms with E-state index in [4.69, 9.17) is 14.2 Å². The molecule has 4 rings (SSSR count). The van der Waals surface area contributed by atoms with Crippen molar-refractivity contribution < 1.29 is 19.0 Å². The highest BCUT2D eigenvalue weighted by molar-refractivity contribution is 5.86. The lowest BCUT2D eigenvalue weighted by atomic mass is 9.87. The fourth-order valence-corrected chi connectivity index (χ4v) is 4.52. The highest BCUT2D eigenvalue weighted by Crippen LogP contribution is 2.37. The molecule has 1 fully saturated rings. The zero-order chi connectivity index (χ0) is 23.2. The number of nitrogens with zero attached hydrogens (tertiary/aromatic N) is 2. The van der Waals surface area contributed by atoms with E-state index >= 15 is 0 Å². The van der Waals surface area contributed by atoms with Crippen LogP contribution in [0.5, 0.6) is 11.5 Å². The molecule has 1 saturated heterocycles. The molecule has 7 nitrogen and oxygen atoms in total. The molecule has 0 aliphatic carbocycles. The molecule has 1 amide bonds. The summed E-state index contributed by atoms with van der Waals surface area (Å²) in [6.45, 7) is 4.81. The molecule has 0 spiro atoms. The minimum absolute atomic E-state index is 0.0305. The van der Waals surface area contributed by atoms with Gasteiger partial charge >= 0.3 is 0 Å². The summed E-state index contributed by atoms with van der Waals surface area (Å²) in [5.74, 6) is 1.32. The third-order valence-electron chi connectivity index (χ3n) is 6.32. The van der Waals surface area contributed by atoms with Gasteiger partial charge in [-0.3, -0.25) is 9.69 Å². The molecule has 2 heterocycles. The van der Waals surface area contributed by atoms with E-state index < -0.39 is 0 Å². The number of amides is 1. The normalized spacial score (nSPS) is 15.4. The largest absolute Gasteiger partial charge is 0.497 e. The third kappa shape index (κ3) is 5.49. The summed E-state index contributed by atoms with van der Waals surface area (Å²) >= 11 is 0. The quantitative estimate of drug-likeness (QED) is 0.541. The van der Waals surface area contributed by atoms with Crippen LogP contribution in [0.2, 0.25) is 0 Å². The number of nitrogens with one attached hydrogen (secondary N) is 1. The van der Waals surface area contributed by atoms with E-state index in [0.29, 0.717) is 24.5 Å². The van der Waals surface area contributed by atoms with Crippen LogP contribution in [0.15, 0.2) is 48.7 Å². The van der Waals surface area contributed by atoms with Gasteiger partial charge in [0.05, 0.1) is 27.4 Å². The highest BCUT2D eigenvalue weighted by Gasteiger charge is 2.24. The maximum absolute atomic E-state index is 13.1. The lowest BCUT2D eigenvalue weighted by Gasteiger charge is -2.26. The summed E-state index contributed by atoms with van der Waals surface area (Å²) < 4.78 is 18.5. The number of aromatic nitrogens is 1. The number of fused-ring (bicyclic) bond motifs is 1. The highest BCUT2D eigenvalue weighted by atomic mass is 16.5. The monoisotopic (exact) mass is 451 g/mol. The van der Waals surface area contributed by atoms with Gasteiger partial charge in [-0.15, -0.1) is 0 Å². The molecule has 3 aromatic rings. The first-order valence-electron chi connectivity index (χ1n) is 11.4. The molecule has 33 heavy (non-hydrogen) atoms. The van der Waals surface area contributed by atoms with Gasteiger partial charge in [0.15, 0.2) is 0 Å². The molecule has 1 aliphatic rings. The van der Waals surface area contributed by atoms with Gasteiger partial charge in [0.1, 0.15) is 11.5 Å². The van der Waals surface area contributed by atoms with Crippen molar-refractivity contribution in [2.75, 3.05) is 53.6 Å². The number of benzene rings is 2. The van der Waals surface area contributed by atoms with E-state index in [9.17, 15) is 4.79 Å². The summed E-state index contributed by atoms with van der Waals surface area (Å²) in [5.41, 5.74) is 3.25. The Kier molecular flexibility index (Phi) is 7.52. The second-order valence-electron chi connectivity index (χ2n) is 8.42. The van der Waals surface area contributed by atoms with Crippen LogP contribution in [0, 0.1) is 0 Å². The molecule has 1 unspecified atom stereocenters. The SMILES string of the molecule is COc1cc(OC)cc(C(CC(=O)NCCN2CCOCC2)c2cn(C)c3ccccc23)c1. The van der Waals surface area contributed by atoms with Crippen molar-refractivity contribution in [3.63, 3.8) is 0 Å². The first kappa shape index (κ1) is 23.1. The molecule has 2 aromatic carbocycles. The average molecular weight is 452 g/mol. The second kappa shape index (κ2) is 10.7. The van der Waals surface area contributed by atoms with Gasteiger partial charge in [0.25, 0.3) is 0 Å². The third-order valence-corrected chi connectivity index (χ3v) is 6.32. The number of carbonyl (C=O) groups excluding carboxylic acids is 1. The van der Waals surface area contributed by atoms with E-state index in [2.05, 4.69) is 33.1 Å². The first-order chi connectivity index (χ1) is 16.1. The molecular formula is C26H33N3O4. The van der Waals surface area contributed by atoms with E-state index in [1.165, 1.54) is 0 Å². The van der Waals surface area contributed by atoms with Crippen LogP contribution >= 0.6 is 0 Å². The molecule has 7 heteroatoms. The maximum Gasteiger partial charge on any atom is 0.220 e. The van der Waals surface area contributed by atoms with Crippen LogP contribution in [0.4, 0.5) is 0 Å². The fourth-order valence-electron chi connectivity index (χ4n) is 4.52. The standard InChI is InChI=1S/C26H33N3O4/c1-28-18-24(22-6-4-5-7-25(22)28)23(19-14-20(31-2)16-21(15-19)32-3)17-26(30)27-8-9-29-10-12-33-13-11-29/h4-7,14-16,18,23H,8-13,17H2,1-3H3,(H,27,30).